The van der Waals surface area contributed by atoms with E-state index < -0.39 is 20.0 Å². The Labute approximate surface area is 277 Å². The first-order valence-corrected chi connectivity index (χ1v) is 19.7. The number of carbonyl (C=O) groups is 1. The number of phosphoric ester groups is 1. The number of quaternary nitrogens is 1. The van der Waals surface area contributed by atoms with E-state index in [0.717, 1.165) is 51.4 Å². The third-order valence-corrected chi connectivity index (χ3v) is 8.87. The third-order valence-electron chi connectivity index (χ3n) is 7.91. The molecule has 0 aromatic heterocycles. The summed E-state index contributed by atoms with van der Waals surface area (Å²) >= 11 is 0. The maximum atomic E-state index is 12.7. The van der Waals surface area contributed by atoms with Crippen molar-refractivity contribution in [1.29, 1.82) is 0 Å². The van der Waals surface area contributed by atoms with Gasteiger partial charge in [0.05, 0.1) is 39.9 Å². The number of carbonyl (C=O) groups excluding carboxylic acids is 1. The Morgan fingerprint density at radius 3 is 1.73 bits per heavy atom. The van der Waals surface area contributed by atoms with Crippen molar-refractivity contribution in [2.45, 2.75) is 161 Å². The highest BCUT2D eigenvalue weighted by atomic mass is 31.2. The van der Waals surface area contributed by atoms with E-state index >= 15 is 0 Å². The maximum Gasteiger partial charge on any atom is 0.268 e. The van der Waals surface area contributed by atoms with Crippen molar-refractivity contribution in [1.82, 2.24) is 5.32 Å². The molecule has 2 N–H and O–H groups in total. The number of phosphoric acid groups is 1. The molecule has 9 heteroatoms. The topological polar surface area (TPSA) is 108 Å². The minimum Gasteiger partial charge on any atom is -0.756 e. The number of hydrogen-bond donors (Lipinski definition) is 2. The van der Waals surface area contributed by atoms with Crippen LogP contribution in [0.1, 0.15) is 149 Å². The first-order chi connectivity index (χ1) is 21.5. The Morgan fingerprint density at radius 1 is 0.756 bits per heavy atom. The molecule has 0 aliphatic carbocycles. The molecule has 0 rings (SSSR count). The predicted molar refractivity (Wildman–Crippen MR) is 187 cm³/mol. The lowest BCUT2D eigenvalue weighted by Crippen LogP contribution is -2.45. The number of aliphatic hydroxyl groups is 1. The zero-order chi connectivity index (χ0) is 33.7. The van der Waals surface area contributed by atoms with E-state index in [9.17, 15) is 19.4 Å². The quantitative estimate of drug-likeness (QED) is 0.0325. The van der Waals surface area contributed by atoms with Gasteiger partial charge in [-0.05, 0) is 44.9 Å². The molecule has 3 atom stereocenters. The van der Waals surface area contributed by atoms with Gasteiger partial charge in [0.1, 0.15) is 13.2 Å². The average molecular weight is 659 g/mol. The first kappa shape index (κ1) is 44.0. The molecule has 0 aliphatic rings. The molecule has 0 fully saturated rings. The molecule has 0 radical (unpaired) electrons. The number of nitrogens with one attached hydrogen (secondary N) is 1. The van der Waals surface area contributed by atoms with Crippen LogP contribution in [0.15, 0.2) is 24.3 Å². The lowest BCUT2D eigenvalue weighted by atomic mass is 10.1. The molecular formula is C36H71N2O6P. The Morgan fingerprint density at radius 2 is 1.22 bits per heavy atom. The zero-order valence-electron chi connectivity index (χ0n) is 29.8. The van der Waals surface area contributed by atoms with Gasteiger partial charge < -0.3 is 28.8 Å². The fourth-order valence-electron chi connectivity index (χ4n) is 4.91. The van der Waals surface area contributed by atoms with Crippen LogP contribution in [0, 0.1) is 0 Å². The predicted octanol–water partition coefficient (Wildman–Crippen LogP) is 8.38. The number of rotatable bonds is 32. The summed E-state index contributed by atoms with van der Waals surface area (Å²) in [4.78, 5) is 25.1. The van der Waals surface area contributed by atoms with Gasteiger partial charge in [0.2, 0.25) is 5.91 Å². The SMILES string of the molecule is CCCCCCCC/C=C\CCCCCC(=O)NC(COP(=O)([O-])OCC[N+](C)(C)C)C(O)/C=C/CCCCCCCCCC. The highest BCUT2D eigenvalue weighted by Crippen LogP contribution is 2.38. The van der Waals surface area contributed by atoms with Crippen molar-refractivity contribution in [2.24, 2.45) is 0 Å². The number of allylic oxidation sites excluding steroid dienone is 3. The number of unbranched alkanes of at least 4 members (excludes halogenated alkanes) is 17. The fraction of sp³-hybridized carbons (Fsp3) is 0.861. The van der Waals surface area contributed by atoms with E-state index in [4.69, 9.17) is 9.05 Å². The second-order valence-electron chi connectivity index (χ2n) is 13.6. The second kappa shape index (κ2) is 29.1. The maximum absolute atomic E-state index is 12.7. The number of amides is 1. The van der Waals surface area contributed by atoms with Crippen LogP contribution >= 0.6 is 7.82 Å². The minimum atomic E-state index is -4.57. The molecule has 0 aliphatic heterocycles. The first-order valence-electron chi connectivity index (χ1n) is 18.2. The van der Waals surface area contributed by atoms with Gasteiger partial charge in [-0.3, -0.25) is 9.36 Å². The Balaban J connectivity index is 4.59. The molecule has 0 saturated heterocycles. The normalized spacial score (nSPS) is 15.1. The van der Waals surface area contributed by atoms with Crippen molar-refractivity contribution < 1.29 is 32.9 Å². The molecule has 3 unspecified atom stereocenters. The number of likely N-dealkylation sites (N-methyl/N-ethyl adjacent to an activating group) is 1. The van der Waals surface area contributed by atoms with Crippen molar-refractivity contribution in [3.8, 4) is 0 Å². The van der Waals surface area contributed by atoms with Gasteiger partial charge in [-0.25, -0.2) is 0 Å². The molecule has 0 spiro atoms. The van der Waals surface area contributed by atoms with E-state index in [0.29, 0.717) is 17.4 Å². The molecule has 0 aromatic carbocycles. The Kier molecular flexibility index (Phi) is 28.5. The summed E-state index contributed by atoms with van der Waals surface area (Å²) in [6.45, 7) is 4.57. The molecule has 0 aromatic rings. The second-order valence-corrected chi connectivity index (χ2v) is 15.0. The summed E-state index contributed by atoms with van der Waals surface area (Å²) in [6, 6.07) is -0.888. The Bertz CT molecular complexity index is 799. The van der Waals surface area contributed by atoms with Crippen LogP contribution in [0.3, 0.4) is 0 Å². The van der Waals surface area contributed by atoms with Gasteiger partial charge in [-0.1, -0.05) is 122 Å². The molecule has 1 amide bonds. The van der Waals surface area contributed by atoms with E-state index in [1.807, 2.05) is 27.2 Å². The van der Waals surface area contributed by atoms with Crippen LogP contribution in [-0.2, 0) is 18.4 Å². The average Bonchev–Trinajstić information content (AvgIpc) is 2.97. The third kappa shape index (κ3) is 31.4. The largest absolute Gasteiger partial charge is 0.756 e. The van der Waals surface area contributed by atoms with Crippen LogP contribution < -0.4 is 10.2 Å². The van der Waals surface area contributed by atoms with E-state index in [-0.39, 0.29) is 19.1 Å². The van der Waals surface area contributed by atoms with Crippen molar-refractivity contribution >= 4 is 13.7 Å². The van der Waals surface area contributed by atoms with Crippen LogP contribution in [0.2, 0.25) is 0 Å². The van der Waals surface area contributed by atoms with Gasteiger partial charge in [0.25, 0.3) is 7.82 Å². The van der Waals surface area contributed by atoms with Crippen molar-refractivity contribution in [3.05, 3.63) is 24.3 Å². The molecule has 0 heterocycles. The molecule has 45 heavy (non-hydrogen) atoms. The van der Waals surface area contributed by atoms with Crippen LogP contribution in [0.4, 0.5) is 0 Å². The monoisotopic (exact) mass is 659 g/mol. The lowest BCUT2D eigenvalue weighted by Gasteiger charge is -2.29. The summed E-state index contributed by atoms with van der Waals surface area (Å²) in [7, 11) is 1.25. The van der Waals surface area contributed by atoms with Gasteiger partial charge in [0, 0.05) is 6.42 Å². The van der Waals surface area contributed by atoms with E-state index in [1.54, 1.807) is 6.08 Å². The van der Waals surface area contributed by atoms with E-state index in [1.165, 1.54) is 77.0 Å². The number of nitrogens with zero attached hydrogens (tertiary/aromatic N) is 1. The van der Waals surface area contributed by atoms with Gasteiger partial charge in [-0.15, -0.1) is 0 Å². The van der Waals surface area contributed by atoms with Crippen molar-refractivity contribution in [3.63, 3.8) is 0 Å². The summed E-state index contributed by atoms with van der Waals surface area (Å²) in [5.74, 6) is -0.218. The van der Waals surface area contributed by atoms with Crippen LogP contribution in [-0.4, -0.2) is 68.5 Å². The Hall–Kier alpha value is -1.02. The highest BCUT2D eigenvalue weighted by Gasteiger charge is 2.23. The minimum absolute atomic E-state index is 0.00337. The highest BCUT2D eigenvalue weighted by molar-refractivity contribution is 7.45. The van der Waals surface area contributed by atoms with Crippen LogP contribution in [0.5, 0.6) is 0 Å². The van der Waals surface area contributed by atoms with Gasteiger partial charge in [-0.2, -0.15) is 0 Å². The molecule has 8 nitrogen and oxygen atoms in total. The molecular weight excluding hydrogens is 587 g/mol. The summed E-state index contributed by atoms with van der Waals surface area (Å²) in [5, 5.41) is 13.6. The van der Waals surface area contributed by atoms with Gasteiger partial charge >= 0.3 is 0 Å². The number of hydrogen-bond acceptors (Lipinski definition) is 6. The lowest BCUT2D eigenvalue weighted by molar-refractivity contribution is -0.870. The molecule has 266 valence electrons. The standard InChI is InChI=1S/C36H71N2O6P/c1-6-8-10-12-14-16-18-19-20-22-24-26-28-30-36(40)37-34(33-44-45(41,42)43-32-31-38(3,4)5)35(39)29-27-25-23-21-17-15-13-11-9-7-2/h19-20,27,29,34-35,39H,6-18,21-26,28,30-33H2,1-5H3,(H-,37,40,41,42)/b20-19-,29-27+. The smallest absolute Gasteiger partial charge is 0.268 e. The molecule has 0 bridgehead atoms. The zero-order valence-corrected chi connectivity index (χ0v) is 30.7. The fourth-order valence-corrected chi connectivity index (χ4v) is 5.63. The summed E-state index contributed by atoms with van der Waals surface area (Å²) < 4.78 is 23.0. The van der Waals surface area contributed by atoms with Crippen LogP contribution in [0.25, 0.3) is 0 Å². The van der Waals surface area contributed by atoms with E-state index in [2.05, 4.69) is 31.3 Å². The number of aliphatic hydroxyl groups excluding tert-OH is 1. The van der Waals surface area contributed by atoms with Gasteiger partial charge in [0.15, 0.2) is 0 Å². The summed E-state index contributed by atoms with van der Waals surface area (Å²) in [6.07, 6.45) is 30.8. The van der Waals surface area contributed by atoms with Crippen molar-refractivity contribution in [2.75, 3.05) is 40.9 Å². The summed E-state index contributed by atoms with van der Waals surface area (Å²) in [5.41, 5.74) is 0. The molecule has 0 saturated carbocycles.